The number of ether oxygens (including phenoxy) is 3. The van der Waals surface area contributed by atoms with Crippen molar-refractivity contribution >= 4 is 28.9 Å². The number of amides is 1. The number of hydrogen-bond donors (Lipinski definition) is 0. The molecule has 1 amide bonds. The summed E-state index contributed by atoms with van der Waals surface area (Å²) in [6, 6.07) is 23.9. The number of pyridine rings is 1. The Morgan fingerprint density at radius 3 is 2.40 bits per heavy atom. The Morgan fingerprint density at radius 1 is 1.00 bits per heavy atom. The second-order valence-corrected chi connectivity index (χ2v) is 12.6. The van der Waals surface area contributed by atoms with E-state index in [0.29, 0.717) is 16.5 Å². The molecule has 2 atom stereocenters. The van der Waals surface area contributed by atoms with E-state index in [0.717, 1.165) is 80.4 Å². The van der Waals surface area contributed by atoms with Crippen LogP contribution < -0.4 is 19.3 Å². The molecule has 9 heteroatoms. The van der Waals surface area contributed by atoms with E-state index >= 15 is 0 Å². The quantitative estimate of drug-likeness (QED) is 0.164. The molecular formula is C38H43ClN4O4. The van der Waals surface area contributed by atoms with Crippen molar-refractivity contribution in [2.45, 2.75) is 45.4 Å². The largest absolute Gasteiger partial charge is 0.493 e. The molecule has 0 bridgehead atoms. The summed E-state index contributed by atoms with van der Waals surface area (Å²) in [5, 5.41) is 0.647. The van der Waals surface area contributed by atoms with Gasteiger partial charge in [-0.25, -0.2) is 0 Å². The lowest BCUT2D eigenvalue weighted by atomic mass is 9.86. The molecule has 0 aliphatic carbocycles. The van der Waals surface area contributed by atoms with E-state index in [2.05, 4.69) is 64.2 Å². The van der Waals surface area contributed by atoms with Gasteiger partial charge in [-0.3, -0.25) is 14.7 Å². The molecule has 2 aliphatic rings. The second-order valence-electron chi connectivity index (χ2n) is 12.2. The Balaban J connectivity index is 1.35. The molecule has 0 saturated carbocycles. The molecule has 3 aromatic carbocycles. The van der Waals surface area contributed by atoms with Crippen molar-refractivity contribution < 1.29 is 19.0 Å². The molecule has 0 radical (unpaired) electrons. The summed E-state index contributed by atoms with van der Waals surface area (Å²) < 4.78 is 17.6. The molecule has 8 nitrogen and oxygen atoms in total. The number of benzene rings is 3. The van der Waals surface area contributed by atoms with E-state index in [1.165, 1.54) is 5.56 Å². The number of fused-ring (bicyclic) bond motifs is 1. The van der Waals surface area contributed by atoms with Gasteiger partial charge in [-0.15, -0.1) is 0 Å². The fraction of sp³-hybridized carbons (Fsp3) is 0.368. The predicted octanol–water partition coefficient (Wildman–Crippen LogP) is 6.94. The van der Waals surface area contributed by atoms with Crippen LogP contribution in [0.2, 0.25) is 5.02 Å². The standard InChI is InChI=1S/C38H43ClN4O4/c1-4-27(2)47-36-25-34-30(23-35(36)45-3)24-37(44)43(38(34)29-5-7-31(39)8-6-29)33-11-9-32(10-12-33)42(26-28-13-15-40-16-14-28)18-17-41-19-21-46-22-20-41/h5-16,23,25,27,38H,4,17-22,24,26H2,1-3H3. The van der Waals surface area contributed by atoms with Gasteiger partial charge in [0.1, 0.15) is 0 Å². The minimum absolute atomic E-state index is 0.0168. The van der Waals surface area contributed by atoms with Crippen molar-refractivity contribution in [2.75, 3.05) is 56.3 Å². The highest BCUT2D eigenvalue weighted by atomic mass is 35.5. The Kier molecular flexibility index (Phi) is 10.6. The maximum Gasteiger partial charge on any atom is 0.232 e. The summed E-state index contributed by atoms with van der Waals surface area (Å²) in [5.74, 6) is 1.33. The molecule has 6 rings (SSSR count). The number of halogens is 1. The molecule has 47 heavy (non-hydrogen) atoms. The molecule has 1 saturated heterocycles. The van der Waals surface area contributed by atoms with Crippen LogP contribution in [0.5, 0.6) is 11.5 Å². The third-order valence-electron chi connectivity index (χ3n) is 9.08. The number of carbonyl (C=O) groups excluding carboxylic acids is 1. The van der Waals surface area contributed by atoms with Crippen LogP contribution in [0.25, 0.3) is 0 Å². The lowest BCUT2D eigenvalue weighted by Gasteiger charge is -2.38. The SMILES string of the molecule is CCC(C)Oc1cc2c(cc1OC)CC(=O)N(c1ccc(N(CCN3CCOCC3)Cc3ccncc3)cc1)C2c1ccc(Cl)cc1. The third kappa shape index (κ3) is 7.73. The Hall–Kier alpha value is -4.11. The first kappa shape index (κ1) is 32.8. The highest BCUT2D eigenvalue weighted by molar-refractivity contribution is 6.30. The first-order valence-electron chi connectivity index (χ1n) is 16.4. The summed E-state index contributed by atoms with van der Waals surface area (Å²) in [4.78, 5) is 25.0. The monoisotopic (exact) mass is 654 g/mol. The zero-order chi connectivity index (χ0) is 32.8. The van der Waals surface area contributed by atoms with Crippen molar-refractivity contribution in [3.63, 3.8) is 0 Å². The number of morpholine rings is 1. The molecule has 246 valence electrons. The molecule has 1 fully saturated rings. The van der Waals surface area contributed by atoms with Crippen LogP contribution in [0.4, 0.5) is 11.4 Å². The van der Waals surface area contributed by atoms with Gasteiger partial charge in [0, 0.05) is 61.5 Å². The summed E-state index contributed by atoms with van der Waals surface area (Å²) in [6.45, 7) is 10.2. The van der Waals surface area contributed by atoms with E-state index in [1.54, 1.807) is 7.11 Å². The van der Waals surface area contributed by atoms with Gasteiger partial charge in [-0.05, 0) is 96.3 Å². The normalized spacial score (nSPS) is 17.2. The number of aromatic nitrogens is 1. The van der Waals surface area contributed by atoms with Gasteiger partial charge in [0.05, 0.1) is 38.9 Å². The van der Waals surface area contributed by atoms with Crippen molar-refractivity contribution in [2.24, 2.45) is 0 Å². The Bertz CT molecular complexity index is 1630. The lowest BCUT2D eigenvalue weighted by Crippen LogP contribution is -2.41. The summed E-state index contributed by atoms with van der Waals surface area (Å²) in [7, 11) is 1.64. The van der Waals surface area contributed by atoms with Crippen LogP contribution in [0.3, 0.4) is 0 Å². The van der Waals surface area contributed by atoms with Crippen molar-refractivity contribution in [1.29, 1.82) is 0 Å². The van der Waals surface area contributed by atoms with Crippen LogP contribution in [0.15, 0.2) is 85.2 Å². The van der Waals surface area contributed by atoms with Gasteiger partial charge in [-0.1, -0.05) is 30.7 Å². The van der Waals surface area contributed by atoms with Gasteiger partial charge < -0.3 is 24.0 Å². The molecule has 2 unspecified atom stereocenters. The van der Waals surface area contributed by atoms with Gasteiger partial charge in [0.25, 0.3) is 0 Å². The number of rotatable bonds is 12. The third-order valence-corrected chi connectivity index (χ3v) is 9.34. The van der Waals surface area contributed by atoms with Gasteiger partial charge >= 0.3 is 0 Å². The van der Waals surface area contributed by atoms with E-state index < -0.39 is 0 Å². The van der Waals surface area contributed by atoms with Crippen molar-refractivity contribution in [3.8, 4) is 11.5 Å². The zero-order valence-corrected chi connectivity index (χ0v) is 28.2. The maximum absolute atomic E-state index is 14.1. The minimum Gasteiger partial charge on any atom is -0.493 e. The van der Waals surface area contributed by atoms with Crippen LogP contribution in [0, 0.1) is 0 Å². The number of hydrogen-bond acceptors (Lipinski definition) is 7. The minimum atomic E-state index is -0.367. The van der Waals surface area contributed by atoms with Gasteiger partial charge in [-0.2, -0.15) is 0 Å². The second kappa shape index (κ2) is 15.2. The van der Waals surface area contributed by atoms with Crippen molar-refractivity contribution in [3.05, 3.63) is 112 Å². The first-order valence-corrected chi connectivity index (χ1v) is 16.8. The predicted molar refractivity (Wildman–Crippen MR) is 187 cm³/mol. The summed E-state index contributed by atoms with van der Waals surface area (Å²) >= 11 is 6.32. The van der Waals surface area contributed by atoms with Gasteiger partial charge in [0.2, 0.25) is 5.91 Å². The smallest absolute Gasteiger partial charge is 0.232 e. The maximum atomic E-state index is 14.1. The Labute approximate surface area is 282 Å². The molecule has 0 spiro atoms. The Morgan fingerprint density at radius 2 is 1.72 bits per heavy atom. The van der Waals surface area contributed by atoms with E-state index in [-0.39, 0.29) is 24.5 Å². The zero-order valence-electron chi connectivity index (χ0n) is 27.4. The van der Waals surface area contributed by atoms with Gasteiger partial charge in [0.15, 0.2) is 11.5 Å². The number of methoxy groups -OCH3 is 1. The lowest BCUT2D eigenvalue weighted by molar-refractivity contribution is -0.118. The molecule has 2 aliphatic heterocycles. The fourth-order valence-electron chi connectivity index (χ4n) is 6.29. The van der Waals surface area contributed by atoms with Crippen LogP contribution in [-0.2, 0) is 22.5 Å². The van der Waals surface area contributed by atoms with Crippen LogP contribution in [-0.4, -0.2) is 68.4 Å². The summed E-state index contributed by atoms with van der Waals surface area (Å²) in [6.07, 6.45) is 4.81. The summed E-state index contributed by atoms with van der Waals surface area (Å²) in [5.41, 5.74) is 6.05. The average Bonchev–Trinajstić information content (AvgIpc) is 3.11. The molecular weight excluding hydrogens is 612 g/mol. The first-order chi connectivity index (χ1) is 22.9. The highest BCUT2D eigenvalue weighted by Gasteiger charge is 2.36. The molecule has 3 heterocycles. The fourth-order valence-corrected chi connectivity index (χ4v) is 6.42. The van der Waals surface area contributed by atoms with Crippen LogP contribution in [0.1, 0.15) is 48.6 Å². The van der Waals surface area contributed by atoms with Crippen molar-refractivity contribution in [1.82, 2.24) is 9.88 Å². The number of nitrogens with zero attached hydrogens (tertiary/aromatic N) is 4. The molecule has 0 N–H and O–H groups in total. The number of carbonyl (C=O) groups is 1. The molecule has 1 aromatic heterocycles. The topological polar surface area (TPSA) is 67.4 Å². The van der Waals surface area contributed by atoms with Crippen LogP contribution >= 0.6 is 11.6 Å². The van der Waals surface area contributed by atoms with E-state index in [4.69, 9.17) is 25.8 Å². The average molecular weight is 655 g/mol. The highest BCUT2D eigenvalue weighted by Crippen LogP contribution is 2.44. The van der Waals surface area contributed by atoms with E-state index in [1.807, 2.05) is 54.5 Å². The van der Waals surface area contributed by atoms with E-state index in [9.17, 15) is 4.79 Å². The molecule has 4 aromatic rings. The number of anilines is 2.